The summed E-state index contributed by atoms with van der Waals surface area (Å²) >= 11 is 0. The second-order valence-corrected chi connectivity index (χ2v) is 8.49. The molecule has 1 aliphatic rings. The number of rotatable bonds is 7. The van der Waals surface area contributed by atoms with Gasteiger partial charge in [0.25, 0.3) is 0 Å². The van der Waals surface area contributed by atoms with Crippen LogP contribution in [0.15, 0.2) is 0 Å². The lowest BCUT2D eigenvalue weighted by atomic mass is 9.96. The lowest BCUT2D eigenvalue weighted by Crippen LogP contribution is -2.42. The highest BCUT2D eigenvalue weighted by molar-refractivity contribution is 7.66. The Balaban J connectivity index is 2.83. The summed E-state index contributed by atoms with van der Waals surface area (Å²) in [6, 6.07) is -1.33. The maximum Gasteiger partial charge on any atom is 0.490 e. The summed E-state index contributed by atoms with van der Waals surface area (Å²) in [6.07, 6.45) is -9.56. The van der Waals surface area contributed by atoms with E-state index >= 15 is 0 Å². The fraction of sp³-hybridized carbons (Fsp3) is 1.00. The van der Waals surface area contributed by atoms with Gasteiger partial charge in [0, 0.05) is 6.00 Å². The van der Waals surface area contributed by atoms with Gasteiger partial charge in [0.05, 0.1) is 6.10 Å². The summed E-state index contributed by atoms with van der Waals surface area (Å²) in [5, 5.41) is 9.27. The van der Waals surface area contributed by atoms with Gasteiger partial charge in [-0.25, -0.2) is 18.2 Å². The highest BCUT2D eigenvalue weighted by Gasteiger charge is 2.56. The molecule has 0 aromatic rings. The number of aliphatic hydroxyl groups is 1. The number of ether oxygens (including phenoxy) is 1. The Morgan fingerprint density at radius 1 is 1.09 bits per heavy atom. The molecule has 1 aliphatic heterocycles. The van der Waals surface area contributed by atoms with Crippen molar-refractivity contribution in [1.29, 1.82) is 0 Å². The first-order valence-electron chi connectivity index (χ1n) is 5.34. The van der Waals surface area contributed by atoms with Gasteiger partial charge >= 0.3 is 29.6 Å². The Kier molecular flexibility index (Phi) is 6.36. The average molecular weight is 404 g/mol. The van der Waals surface area contributed by atoms with Crippen molar-refractivity contribution in [1.82, 2.24) is 0 Å². The van der Waals surface area contributed by atoms with E-state index in [-0.39, 0.29) is 0 Å². The minimum atomic E-state index is -6.08. The first-order valence-corrected chi connectivity index (χ1v) is 9.87. The van der Waals surface area contributed by atoms with Crippen molar-refractivity contribution >= 4 is 31.3 Å². The van der Waals surface area contributed by atoms with Crippen molar-refractivity contribution in [3.05, 3.63) is 0 Å². The van der Waals surface area contributed by atoms with Crippen LogP contribution in [0.4, 0.5) is 8.78 Å². The zero-order valence-corrected chi connectivity index (χ0v) is 13.4. The molecule has 0 aliphatic carbocycles. The number of halogens is 2. The second kappa shape index (κ2) is 6.87. The molecule has 1 saturated heterocycles. The quantitative estimate of drug-likeness (QED) is 0.272. The van der Waals surface area contributed by atoms with Crippen LogP contribution in [0.25, 0.3) is 0 Å². The van der Waals surface area contributed by atoms with Gasteiger partial charge in [0.2, 0.25) is 0 Å². The number of hydrogen-bond acceptors (Lipinski definition) is 8. The zero-order valence-electron chi connectivity index (χ0n) is 10.7. The molecular weight excluding hydrogens is 394 g/mol. The van der Waals surface area contributed by atoms with Crippen molar-refractivity contribution < 1.29 is 65.0 Å². The van der Waals surface area contributed by atoms with Gasteiger partial charge in [0.15, 0.2) is 6.10 Å². The largest absolute Gasteiger partial charge is 0.490 e. The van der Waals surface area contributed by atoms with Crippen molar-refractivity contribution in [2.24, 2.45) is 0 Å². The Labute approximate surface area is 128 Å². The number of phosphoric acid groups is 3. The van der Waals surface area contributed by atoms with E-state index in [1.165, 1.54) is 0 Å². The fourth-order valence-corrected chi connectivity index (χ4v) is 4.55. The highest BCUT2D eigenvalue weighted by atomic mass is 31.3. The molecule has 134 valence electrons. The van der Waals surface area contributed by atoms with E-state index < -0.39 is 54.2 Å². The van der Waals surface area contributed by atoms with Crippen LogP contribution in [0.5, 0.6) is 0 Å². The third-order valence-electron chi connectivity index (χ3n) is 2.13. The molecule has 0 spiro atoms. The van der Waals surface area contributed by atoms with Crippen LogP contribution < -0.4 is 0 Å². The van der Waals surface area contributed by atoms with Crippen molar-refractivity contribution in [3.63, 3.8) is 0 Å². The SMILES string of the molecule is [B][C@H]1C[C@@H](O)[C@@H](C(F)(F)OP(=O)(O)OP(=O)(O)OP(=O)(O)O)O1. The number of aliphatic hydroxyl groups excluding tert-OH is 1. The topological polar surface area (TPSA) is 189 Å². The number of phosphoric ester groups is 1. The molecule has 0 bridgehead atoms. The second-order valence-electron chi connectivity index (χ2n) is 4.14. The van der Waals surface area contributed by atoms with Gasteiger partial charge < -0.3 is 29.4 Å². The molecule has 1 heterocycles. The molecule has 5 atom stereocenters. The van der Waals surface area contributed by atoms with E-state index in [4.69, 9.17) is 27.4 Å². The van der Waals surface area contributed by atoms with Crippen LogP contribution in [0, 0.1) is 0 Å². The minimum absolute atomic E-state index is 0.458. The van der Waals surface area contributed by atoms with E-state index in [0.29, 0.717) is 0 Å². The molecule has 1 fully saturated rings. The number of hydrogen-bond donors (Lipinski definition) is 5. The van der Waals surface area contributed by atoms with Gasteiger partial charge in [0.1, 0.15) is 7.85 Å². The van der Waals surface area contributed by atoms with Gasteiger partial charge in [-0.15, -0.1) is 0 Å². The maximum atomic E-state index is 13.6. The fourth-order valence-electron chi connectivity index (χ4n) is 1.50. The normalized spacial score (nSPS) is 31.5. The Bertz CT molecular complexity index is 579. The molecule has 0 aromatic heterocycles. The van der Waals surface area contributed by atoms with Crippen LogP contribution in [0.2, 0.25) is 0 Å². The van der Waals surface area contributed by atoms with E-state index in [0.717, 1.165) is 0 Å². The van der Waals surface area contributed by atoms with Crippen LogP contribution in [0.1, 0.15) is 6.42 Å². The van der Waals surface area contributed by atoms with Gasteiger partial charge in [-0.05, 0) is 6.42 Å². The van der Waals surface area contributed by atoms with Crippen LogP contribution in [-0.4, -0.2) is 56.8 Å². The van der Waals surface area contributed by atoms with Gasteiger partial charge in [-0.2, -0.15) is 17.4 Å². The summed E-state index contributed by atoms with van der Waals surface area (Å²) in [4.78, 5) is 34.3. The summed E-state index contributed by atoms with van der Waals surface area (Å²) < 4.78 is 74.0. The third kappa shape index (κ3) is 6.95. The average Bonchev–Trinajstić information content (AvgIpc) is 2.50. The highest BCUT2D eigenvalue weighted by Crippen LogP contribution is 2.67. The van der Waals surface area contributed by atoms with E-state index in [1.54, 1.807) is 0 Å². The molecule has 0 aromatic carbocycles. The number of alkyl halides is 2. The van der Waals surface area contributed by atoms with Crippen molar-refractivity contribution in [2.75, 3.05) is 0 Å². The molecule has 1 rings (SSSR count). The predicted octanol–water partition coefficient (Wildman–Crippen LogP) is -0.433. The molecule has 12 nitrogen and oxygen atoms in total. The standard InChI is InChI=1S/C5H10BF2O12P3/c6-3-1-2(9)4(17-3)5(7,8)18-22(13,14)20-23(15,16)19-21(10,11)12/h2-4,9H,1H2,(H,13,14)(H,15,16)(H2,10,11,12)/t2-,3-,4+/m1/s1. The van der Waals surface area contributed by atoms with Crippen LogP contribution in [-0.2, 0) is 31.6 Å². The van der Waals surface area contributed by atoms with Crippen molar-refractivity contribution in [3.8, 4) is 0 Å². The molecule has 2 radical (unpaired) electrons. The Morgan fingerprint density at radius 2 is 1.61 bits per heavy atom. The Morgan fingerprint density at radius 3 is 2.00 bits per heavy atom. The van der Waals surface area contributed by atoms with Gasteiger partial charge in [-0.1, -0.05) is 0 Å². The minimum Gasteiger partial charge on any atom is -0.390 e. The summed E-state index contributed by atoms with van der Waals surface area (Å²) in [6.45, 7) is 0. The van der Waals surface area contributed by atoms with E-state index in [2.05, 4.69) is 17.9 Å². The first kappa shape index (κ1) is 21.3. The molecule has 18 heteroatoms. The predicted molar refractivity (Wildman–Crippen MR) is 64.9 cm³/mol. The summed E-state index contributed by atoms with van der Waals surface area (Å²) in [5.74, 6) is 0. The summed E-state index contributed by atoms with van der Waals surface area (Å²) in [7, 11) is -12.6. The molecular formula is C5H10BF2O12P3. The monoisotopic (exact) mass is 404 g/mol. The van der Waals surface area contributed by atoms with Crippen LogP contribution in [0.3, 0.4) is 0 Å². The van der Waals surface area contributed by atoms with Gasteiger partial charge in [-0.3, -0.25) is 0 Å². The molecule has 23 heavy (non-hydrogen) atoms. The molecule has 2 unspecified atom stereocenters. The molecule has 5 N–H and O–H groups in total. The third-order valence-corrected chi connectivity index (χ3v) is 5.93. The molecule has 0 saturated carbocycles. The molecule has 0 amide bonds. The summed E-state index contributed by atoms with van der Waals surface area (Å²) in [5.41, 5.74) is 0. The smallest absolute Gasteiger partial charge is 0.390 e. The lowest BCUT2D eigenvalue weighted by Gasteiger charge is -2.26. The van der Waals surface area contributed by atoms with E-state index in [9.17, 15) is 27.6 Å². The maximum absolute atomic E-state index is 13.6. The first-order chi connectivity index (χ1) is 10.0. The Hall–Kier alpha value is 0.255. The van der Waals surface area contributed by atoms with E-state index in [1.807, 2.05) is 0 Å². The lowest BCUT2D eigenvalue weighted by molar-refractivity contribution is -0.263. The van der Waals surface area contributed by atoms with Crippen molar-refractivity contribution in [2.45, 2.75) is 30.7 Å². The van der Waals surface area contributed by atoms with Crippen LogP contribution >= 0.6 is 23.5 Å². The zero-order chi connectivity index (χ0) is 18.3.